The van der Waals surface area contributed by atoms with Crippen LogP contribution in [0.25, 0.3) is 0 Å². The van der Waals surface area contributed by atoms with Crippen molar-refractivity contribution in [2.24, 2.45) is 5.92 Å². The maximum atomic E-state index is 12.6. The summed E-state index contributed by atoms with van der Waals surface area (Å²) in [5.74, 6) is 0.0682. The predicted octanol–water partition coefficient (Wildman–Crippen LogP) is 1.35. The Morgan fingerprint density at radius 1 is 1.07 bits per heavy atom. The fourth-order valence-electron chi connectivity index (χ4n) is 2.55. The van der Waals surface area contributed by atoms with E-state index in [4.69, 9.17) is 4.74 Å². The first kappa shape index (κ1) is 27.9. The number of alkyl carbamates (subject to hydrolysis) is 1. The molecule has 176 valence electrons. The van der Waals surface area contributed by atoms with E-state index in [0.29, 0.717) is 38.3 Å². The number of rotatable bonds is 13. The fraction of sp³-hybridized carbons (Fsp3) is 0.850. The van der Waals surface area contributed by atoms with Crippen LogP contribution < -0.4 is 21.5 Å². The average Bonchev–Trinajstić information content (AvgIpc) is 2.62. The Kier molecular flexibility index (Phi) is 13.8. The molecule has 0 rings (SSSR count). The minimum absolute atomic E-state index is 0.144. The number of carbonyl (C=O) groups excluding carboxylic acids is 3. The van der Waals surface area contributed by atoms with E-state index in [0.717, 1.165) is 6.42 Å². The second-order valence-corrected chi connectivity index (χ2v) is 8.56. The molecule has 5 N–H and O–H groups in total. The van der Waals surface area contributed by atoms with Gasteiger partial charge in [0.15, 0.2) is 0 Å². The van der Waals surface area contributed by atoms with Crippen molar-refractivity contribution in [1.29, 1.82) is 0 Å². The van der Waals surface area contributed by atoms with Crippen molar-refractivity contribution in [3.8, 4) is 0 Å². The number of carbonyl (C=O) groups is 3. The van der Waals surface area contributed by atoms with Crippen molar-refractivity contribution in [1.82, 2.24) is 26.4 Å². The van der Waals surface area contributed by atoms with Gasteiger partial charge in [-0.3, -0.25) is 10.2 Å². The molecule has 0 bridgehead atoms. The zero-order valence-electron chi connectivity index (χ0n) is 19.3. The van der Waals surface area contributed by atoms with Gasteiger partial charge in [0.2, 0.25) is 0 Å². The number of unbranched alkanes of at least 4 members (excludes halogenated alkanes) is 1. The molecule has 0 heterocycles. The third-order valence-corrected chi connectivity index (χ3v) is 4.08. The van der Waals surface area contributed by atoms with Gasteiger partial charge >= 0.3 is 12.1 Å². The zero-order chi connectivity index (χ0) is 23.2. The molecule has 0 spiro atoms. The normalized spacial score (nSPS) is 12.3. The zero-order valence-corrected chi connectivity index (χ0v) is 19.3. The highest BCUT2D eigenvalue weighted by molar-refractivity contribution is 5.86. The van der Waals surface area contributed by atoms with Crippen molar-refractivity contribution in [3.63, 3.8) is 0 Å². The number of urea groups is 1. The third kappa shape index (κ3) is 14.0. The summed E-state index contributed by atoms with van der Waals surface area (Å²) in [6, 6.07) is -1.11. The van der Waals surface area contributed by atoms with Crippen LogP contribution in [0.2, 0.25) is 0 Å². The van der Waals surface area contributed by atoms with Crippen LogP contribution in [-0.4, -0.2) is 73.0 Å². The van der Waals surface area contributed by atoms with Crippen LogP contribution >= 0.6 is 0 Å². The van der Waals surface area contributed by atoms with E-state index >= 15 is 0 Å². The molecule has 0 aromatic carbocycles. The predicted molar refractivity (Wildman–Crippen MR) is 116 cm³/mol. The van der Waals surface area contributed by atoms with Crippen LogP contribution in [0.1, 0.15) is 60.3 Å². The summed E-state index contributed by atoms with van der Waals surface area (Å²) in [6.07, 6.45) is 1.98. The van der Waals surface area contributed by atoms with Crippen LogP contribution in [-0.2, 0) is 9.53 Å². The van der Waals surface area contributed by atoms with Crippen molar-refractivity contribution < 1.29 is 24.2 Å². The quantitative estimate of drug-likeness (QED) is 0.221. The van der Waals surface area contributed by atoms with Gasteiger partial charge in [-0.1, -0.05) is 13.8 Å². The Hall–Kier alpha value is -2.07. The van der Waals surface area contributed by atoms with E-state index in [1.807, 2.05) is 0 Å². The highest BCUT2D eigenvalue weighted by atomic mass is 16.6. The molecule has 0 saturated carbocycles. The topological polar surface area (TPSA) is 132 Å². The van der Waals surface area contributed by atoms with Gasteiger partial charge in [0.05, 0.1) is 6.61 Å². The lowest BCUT2D eigenvalue weighted by atomic mass is 10.1. The van der Waals surface area contributed by atoms with Crippen molar-refractivity contribution in [2.75, 3.05) is 33.3 Å². The van der Waals surface area contributed by atoms with Crippen LogP contribution in [0.4, 0.5) is 9.59 Å². The molecule has 0 aliphatic carbocycles. The standard InChI is InChI=1S/C20H41N5O5/c1-15(2)10-12-25(13-14-26)18(28)23-16(17(27)24-21-6)9-7-8-11-22-19(29)30-20(3,4)5/h15-16,21,26H,7-14H2,1-6H3,(H,22,29)(H,23,28)(H,24,27)/t16-/m0/s1. The molecule has 30 heavy (non-hydrogen) atoms. The maximum absolute atomic E-state index is 12.6. The van der Waals surface area contributed by atoms with Gasteiger partial charge in [0.25, 0.3) is 5.91 Å². The monoisotopic (exact) mass is 431 g/mol. The molecule has 0 unspecified atom stereocenters. The fourth-order valence-corrected chi connectivity index (χ4v) is 2.55. The Labute approximate surface area is 180 Å². The van der Waals surface area contributed by atoms with E-state index in [-0.39, 0.29) is 25.1 Å². The molecule has 0 radical (unpaired) electrons. The highest BCUT2D eigenvalue weighted by Gasteiger charge is 2.23. The minimum Gasteiger partial charge on any atom is -0.444 e. The van der Waals surface area contributed by atoms with E-state index in [1.54, 1.807) is 27.8 Å². The third-order valence-electron chi connectivity index (χ3n) is 4.08. The number of hydrogen-bond acceptors (Lipinski definition) is 6. The molecule has 10 nitrogen and oxygen atoms in total. The molecule has 0 saturated heterocycles. The number of nitrogens with one attached hydrogen (secondary N) is 4. The molecule has 0 fully saturated rings. The number of hydrazine groups is 1. The summed E-state index contributed by atoms with van der Waals surface area (Å²) in [5, 5.41) is 14.7. The lowest BCUT2D eigenvalue weighted by molar-refractivity contribution is -0.124. The maximum Gasteiger partial charge on any atom is 0.407 e. The van der Waals surface area contributed by atoms with Gasteiger partial charge in [-0.25, -0.2) is 15.0 Å². The molecule has 0 aliphatic rings. The van der Waals surface area contributed by atoms with Gasteiger partial charge in [-0.2, -0.15) is 0 Å². The summed E-state index contributed by atoms with van der Waals surface area (Å²) < 4.78 is 5.17. The number of hydrogen-bond donors (Lipinski definition) is 5. The van der Waals surface area contributed by atoms with Gasteiger partial charge in [-0.15, -0.1) is 0 Å². The molecular formula is C20H41N5O5. The van der Waals surface area contributed by atoms with E-state index in [9.17, 15) is 19.5 Å². The highest BCUT2D eigenvalue weighted by Crippen LogP contribution is 2.07. The van der Waals surface area contributed by atoms with Gasteiger partial charge < -0.3 is 25.4 Å². The van der Waals surface area contributed by atoms with Gasteiger partial charge in [-0.05, 0) is 52.4 Å². The summed E-state index contributed by atoms with van der Waals surface area (Å²) in [7, 11) is 1.57. The average molecular weight is 432 g/mol. The van der Waals surface area contributed by atoms with Crippen LogP contribution in [0.5, 0.6) is 0 Å². The lowest BCUT2D eigenvalue weighted by Gasteiger charge is -2.26. The molecule has 0 aromatic heterocycles. The first-order valence-corrected chi connectivity index (χ1v) is 10.6. The lowest BCUT2D eigenvalue weighted by Crippen LogP contribution is -2.53. The molecule has 0 aliphatic heterocycles. The number of ether oxygens (including phenoxy) is 1. The minimum atomic E-state index is -0.730. The number of aliphatic hydroxyl groups excluding tert-OH is 1. The summed E-state index contributed by atoms with van der Waals surface area (Å²) >= 11 is 0. The van der Waals surface area contributed by atoms with Crippen LogP contribution in [0.3, 0.4) is 0 Å². The molecule has 1 atom stereocenters. The molecule has 4 amide bonds. The van der Waals surface area contributed by atoms with Crippen LogP contribution in [0.15, 0.2) is 0 Å². The number of nitrogens with zero attached hydrogens (tertiary/aromatic N) is 1. The second kappa shape index (κ2) is 14.8. The summed E-state index contributed by atoms with van der Waals surface area (Å²) in [6.45, 7) is 10.5. The Balaban J connectivity index is 4.63. The summed E-state index contributed by atoms with van der Waals surface area (Å²) in [4.78, 5) is 38.1. The molecular weight excluding hydrogens is 390 g/mol. The molecule has 0 aromatic rings. The van der Waals surface area contributed by atoms with Crippen molar-refractivity contribution >= 4 is 18.0 Å². The smallest absolute Gasteiger partial charge is 0.407 e. The van der Waals surface area contributed by atoms with E-state index in [1.165, 1.54) is 4.90 Å². The Morgan fingerprint density at radius 2 is 1.73 bits per heavy atom. The summed E-state index contributed by atoms with van der Waals surface area (Å²) in [5.41, 5.74) is 4.52. The largest absolute Gasteiger partial charge is 0.444 e. The first-order chi connectivity index (χ1) is 14.0. The van der Waals surface area contributed by atoms with Crippen LogP contribution in [0, 0.1) is 5.92 Å². The first-order valence-electron chi connectivity index (χ1n) is 10.6. The van der Waals surface area contributed by atoms with E-state index in [2.05, 4.69) is 35.3 Å². The van der Waals surface area contributed by atoms with Crippen molar-refractivity contribution in [2.45, 2.75) is 71.9 Å². The number of amides is 4. The van der Waals surface area contributed by atoms with Gasteiger partial charge in [0.1, 0.15) is 11.6 Å². The molecule has 10 heteroatoms. The Morgan fingerprint density at radius 3 is 2.27 bits per heavy atom. The van der Waals surface area contributed by atoms with E-state index < -0.39 is 17.7 Å². The van der Waals surface area contributed by atoms with Gasteiger partial charge in [0, 0.05) is 26.7 Å². The Bertz CT molecular complexity index is 522. The SMILES string of the molecule is CNNC(=O)[C@H](CCCCNC(=O)OC(C)(C)C)NC(=O)N(CCO)CCC(C)C. The van der Waals surface area contributed by atoms with Crippen molar-refractivity contribution in [3.05, 3.63) is 0 Å². The second-order valence-electron chi connectivity index (χ2n) is 8.56. The number of aliphatic hydroxyl groups is 1.